The standard InChI is InChI=1S/C18H28N2O3/c1-5-19(6-2)18(21)13-20-11-7-8-15(20)14-9-10-16(22-3)17(12-14)23-4/h9-10,12,15H,5-8,11,13H2,1-4H3. The average Bonchev–Trinajstić information content (AvgIpc) is 3.03. The van der Waals surface area contributed by atoms with Crippen LogP contribution in [0.25, 0.3) is 0 Å². The van der Waals surface area contributed by atoms with Gasteiger partial charge in [0.25, 0.3) is 0 Å². The number of amides is 1. The van der Waals surface area contributed by atoms with Gasteiger partial charge in [0.1, 0.15) is 0 Å². The van der Waals surface area contributed by atoms with Crippen molar-refractivity contribution in [3.05, 3.63) is 23.8 Å². The van der Waals surface area contributed by atoms with E-state index < -0.39 is 0 Å². The number of hydrogen-bond donors (Lipinski definition) is 0. The fourth-order valence-corrected chi connectivity index (χ4v) is 3.30. The van der Waals surface area contributed by atoms with Gasteiger partial charge in [-0.2, -0.15) is 0 Å². The third-order valence-electron chi connectivity index (χ3n) is 4.61. The van der Waals surface area contributed by atoms with Crippen molar-refractivity contribution in [3.63, 3.8) is 0 Å². The van der Waals surface area contributed by atoms with Crippen molar-refractivity contribution >= 4 is 5.91 Å². The molecule has 1 amide bonds. The van der Waals surface area contributed by atoms with Crippen LogP contribution >= 0.6 is 0 Å². The van der Waals surface area contributed by atoms with Gasteiger partial charge < -0.3 is 14.4 Å². The smallest absolute Gasteiger partial charge is 0.236 e. The van der Waals surface area contributed by atoms with Gasteiger partial charge in [0.2, 0.25) is 5.91 Å². The number of methoxy groups -OCH3 is 2. The van der Waals surface area contributed by atoms with E-state index >= 15 is 0 Å². The van der Waals surface area contributed by atoms with Gasteiger partial charge in [-0.05, 0) is 50.9 Å². The van der Waals surface area contributed by atoms with Crippen LogP contribution in [0.1, 0.15) is 38.3 Å². The first-order chi connectivity index (χ1) is 11.1. The summed E-state index contributed by atoms with van der Waals surface area (Å²) in [6, 6.07) is 6.32. The van der Waals surface area contributed by atoms with Gasteiger partial charge in [0, 0.05) is 19.1 Å². The molecule has 0 bridgehead atoms. The monoisotopic (exact) mass is 320 g/mol. The summed E-state index contributed by atoms with van der Waals surface area (Å²) in [6.45, 7) is 7.04. The zero-order valence-corrected chi connectivity index (χ0v) is 14.7. The largest absolute Gasteiger partial charge is 0.493 e. The number of ether oxygens (including phenoxy) is 2. The van der Waals surface area contributed by atoms with Crippen LogP contribution in [0.3, 0.4) is 0 Å². The lowest BCUT2D eigenvalue weighted by Gasteiger charge is -2.28. The van der Waals surface area contributed by atoms with Crippen LogP contribution < -0.4 is 9.47 Å². The Bertz CT molecular complexity index is 529. The molecule has 23 heavy (non-hydrogen) atoms. The second kappa shape index (κ2) is 8.20. The molecule has 0 N–H and O–H groups in total. The molecule has 2 rings (SSSR count). The molecule has 0 saturated carbocycles. The van der Waals surface area contributed by atoms with Crippen LogP contribution in [-0.2, 0) is 4.79 Å². The molecule has 1 fully saturated rings. The lowest BCUT2D eigenvalue weighted by Crippen LogP contribution is -2.40. The molecule has 1 aliphatic rings. The van der Waals surface area contributed by atoms with E-state index in [1.165, 1.54) is 5.56 Å². The molecule has 5 heteroatoms. The topological polar surface area (TPSA) is 42.0 Å². The van der Waals surface area contributed by atoms with Crippen LogP contribution in [0.4, 0.5) is 0 Å². The van der Waals surface area contributed by atoms with Gasteiger partial charge in [-0.15, -0.1) is 0 Å². The molecule has 0 aliphatic carbocycles. The van der Waals surface area contributed by atoms with Crippen molar-refractivity contribution in [1.29, 1.82) is 0 Å². The van der Waals surface area contributed by atoms with Gasteiger partial charge in [-0.1, -0.05) is 6.07 Å². The third-order valence-corrected chi connectivity index (χ3v) is 4.61. The number of rotatable bonds is 7. The van der Waals surface area contributed by atoms with Crippen LogP contribution in [0.2, 0.25) is 0 Å². The summed E-state index contributed by atoms with van der Waals surface area (Å²) in [4.78, 5) is 16.6. The maximum Gasteiger partial charge on any atom is 0.236 e. The number of carbonyl (C=O) groups excluding carboxylic acids is 1. The van der Waals surface area contributed by atoms with E-state index in [-0.39, 0.29) is 11.9 Å². The first kappa shape index (κ1) is 17.6. The van der Waals surface area contributed by atoms with E-state index in [2.05, 4.69) is 11.0 Å². The quantitative estimate of drug-likeness (QED) is 0.775. The zero-order valence-electron chi connectivity index (χ0n) is 14.7. The zero-order chi connectivity index (χ0) is 16.8. The molecule has 1 aliphatic heterocycles. The van der Waals surface area contributed by atoms with Crippen LogP contribution in [0.5, 0.6) is 11.5 Å². The molecule has 1 heterocycles. The van der Waals surface area contributed by atoms with E-state index in [1.54, 1.807) is 14.2 Å². The molecule has 1 unspecified atom stereocenters. The Labute approximate surface area is 139 Å². The molecule has 5 nitrogen and oxygen atoms in total. The third kappa shape index (κ3) is 3.96. The Hall–Kier alpha value is -1.75. The predicted molar refractivity (Wildman–Crippen MR) is 91.0 cm³/mol. The summed E-state index contributed by atoms with van der Waals surface area (Å²) in [6.07, 6.45) is 2.19. The van der Waals surface area contributed by atoms with Gasteiger partial charge in [-0.25, -0.2) is 0 Å². The number of carbonyl (C=O) groups is 1. The van der Waals surface area contributed by atoms with Crippen molar-refractivity contribution in [2.24, 2.45) is 0 Å². The second-order valence-corrected chi connectivity index (χ2v) is 5.81. The number of likely N-dealkylation sites (N-methyl/N-ethyl adjacent to an activating group) is 1. The first-order valence-electron chi connectivity index (χ1n) is 8.38. The fraction of sp³-hybridized carbons (Fsp3) is 0.611. The lowest BCUT2D eigenvalue weighted by molar-refractivity contribution is -0.132. The van der Waals surface area contributed by atoms with Crippen molar-refractivity contribution < 1.29 is 14.3 Å². The molecule has 128 valence electrons. The molecule has 1 atom stereocenters. The van der Waals surface area contributed by atoms with Gasteiger partial charge in [0.15, 0.2) is 11.5 Å². The van der Waals surface area contributed by atoms with E-state index in [9.17, 15) is 4.79 Å². The number of likely N-dealkylation sites (tertiary alicyclic amines) is 1. The summed E-state index contributed by atoms with van der Waals surface area (Å²) in [7, 11) is 3.29. The maximum atomic E-state index is 12.4. The molecular weight excluding hydrogens is 292 g/mol. The lowest BCUT2D eigenvalue weighted by atomic mass is 10.0. The highest BCUT2D eigenvalue weighted by Gasteiger charge is 2.29. The Morgan fingerprint density at radius 1 is 1.22 bits per heavy atom. The number of hydrogen-bond acceptors (Lipinski definition) is 4. The van der Waals surface area contributed by atoms with Gasteiger partial charge >= 0.3 is 0 Å². The van der Waals surface area contributed by atoms with Crippen LogP contribution in [0.15, 0.2) is 18.2 Å². The van der Waals surface area contributed by atoms with Crippen LogP contribution in [-0.4, -0.2) is 56.1 Å². The summed E-state index contributed by atoms with van der Waals surface area (Å²) >= 11 is 0. The Morgan fingerprint density at radius 3 is 2.52 bits per heavy atom. The minimum atomic E-state index is 0.211. The summed E-state index contributed by atoms with van der Waals surface area (Å²) in [5.41, 5.74) is 1.19. The summed E-state index contributed by atoms with van der Waals surface area (Å²) in [5.74, 6) is 1.69. The van der Waals surface area contributed by atoms with E-state index in [0.717, 1.165) is 44.0 Å². The van der Waals surface area contributed by atoms with Gasteiger partial charge in [-0.3, -0.25) is 9.69 Å². The molecule has 1 aromatic rings. The Balaban J connectivity index is 2.14. The molecular formula is C18H28N2O3. The van der Waals surface area contributed by atoms with E-state index in [4.69, 9.17) is 9.47 Å². The first-order valence-corrected chi connectivity index (χ1v) is 8.38. The van der Waals surface area contributed by atoms with Gasteiger partial charge in [0.05, 0.1) is 20.8 Å². The summed E-state index contributed by atoms with van der Waals surface area (Å²) in [5, 5.41) is 0. The molecule has 0 aromatic heterocycles. The molecule has 1 aromatic carbocycles. The minimum Gasteiger partial charge on any atom is -0.493 e. The highest BCUT2D eigenvalue weighted by Crippen LogP contribution is 2.36. The second-order valence-electron chi connectivity index (χ2n) is 5.81. The number of benzene rings is 1. The van der Waals surface area contributed by atoms with E-state index in [1.807, 2.05) is 30.9 Å². The molecule has 1 saturated heterocycles. The van der Waals surface area contributed by atoms with Crippen molar-refractivity contribution in [3.8, 4) is 11.5 Å². The van der Waals surface area contributed by atoms with Crippen LogP contribution in [0, 0.1) is 0 Å². The summed E-state index contributed by atoms with van der Waals surface area (Å²) < 4.78 is 10.7. The molecule has 0 radical (unpaired) electrons. The molecule has 0 spiro atoms. The average molecular weight is 320 g/mol. The maximum absolute atomic E-state index is 12.4. The SMILES string of the molecule is CCN(CC)C(=O)CN1CCCC1c1ccc(OC)c(OC)c1. The highest BCUT2D eigenvalue weighted by atomic mass is 16.5. The highest BCUT2D eigenvalue weighted by molar-refractivity contribution is 5.78. The fourth-order valence-electron chi connectivity index (χ4n) is 3.30. The van der Waals surface area contributed by atoms with Crippen molar-refractivity contribution in [2.75, 3.05) is 40.4 Å². The predicted octanol–water partition coefficient (Wildman–Crippen LogP) is 2.71. The Morgan fingerprint density at radius 2 is 1.91 bits per heavy atom. The Kier molecular flexibility index (Phi) is 6.28. The van der Waals surface area contributed by atoms with Crippen molar-refractivity contribution in [1.82, 2.24) is 9.80 Å². The number of nitrogens with zero attached hydrogens (tertiary/aromatic N) is 2. The normalized spacial score (nSPS) is 18.0. The van der Waals surface area contributed by atoms with Crippen molar-refractivity contribution in [2.45, 2.75) is 32.7 Å². The van der Waals surface area contributed by atoms with E-state index in [0.29, 0.717) is 6.54 Å². The minimum absolute atomic E-state index is 0.211.